The molecule has 1 rings (SSSR count). The Balaban J connectivity index is 3.31. The molecule has 16 heavy (non-hydrogen) atoms. The van der Waals surface area contributed by atoms with Crippen LogP contribution >= 0.6 is 0 Å². The zero-order chi connectivity index (χ0) is 12.3. The highest BCUT2D eigenvalue weighted by atomic mass is 16.5. The summed E-state index contributed by atoms with van der Waals surface area (Å²) >= 11 is 0. The number of hydrogen-bond donors (Lipinski definition) is 2. The topological polar surface area (TPSA) is 76.0 Å². The van der Waals surface area contributed by atoms with E-state index in [0.29, 0.717) is 17.1 Å². The third kappa shape index (κ3) is 2.09. The number of hydrogen-bond acceptors (Lipinski definition) is 4. The van der Waals surface area contributed by atoms with Gasteiger partial charge in [0.2, 0.25) is 0 Å². The van der Waals surface area contributed by atoms with Crippen LogP contribution in [0.1, 0.15) is 17.2 Å². The molecule has 1 atom stereocenters. The molecular weight excluding hydrogens is 212 g/mol. The molecule has 0 radical (unpaired) electrons. The van der Waals surface area contributed by atoms with Crippen LogP contribution in [0.25, 0.3) is 0 Å². The van der Waals surface area contributed by atoms with Crippen molar-refractivity contribution in [2.75, 3.05) is 14.2 Å². The molecule has 0 bridgehead atoms. The molecule has 0 saturated heterocycles. The van der Waals surface area contributed by atoms with Gasteiger partial charge in [-0.1, -0.05) is 0 Å². The Morgan fingerprint density at radius 3 is 2.38 bits per heavy atom. The van der Waals surface area contributed by atoms with E-state index in [0.717, 1.165) is 0 Å². The molecule has 0 aliphatic heterocycles. The van der Waals surface area contributed by atoms with Crippen molar-refractivity contribution in [2.24, 2.45) is 0 Å². The molecule has 2 N–H and O–H groups in total. The maximum absolute atomic E-state index is 10.7. The van der Waals surface area contributed by atoms with Gasteiger partial charge in [-0.05, 0) is 19.1 Å². The van der Waals surface area contributed by atoms with Crippen LogP contribution in [0, 0.1) is 6.92 Å². The van der Waals surface area contributed by atoms with Gasteiger partial charge in [0.15, 0.2) is 6.10 Å². The van der Waals surface area contributed by atoms with Crippen molar-refractivity contribution in [3.63, 3.8) is 0 Å². The molecule has 0 heterocycles. The second kappa shape index (κ2) is 4.85. The maximum Gasteiger partial charge on any atom is 0.337 e. The monoisotopic (exact) mass is 226 g/mol. The quantitative estimate of drug-likeness (QED) is 0.804. The highest BCUT2D eigenvalue weighted by Crippen LogP contribution is 2.34. The first-order valence-corrected chi connectivity index (χ1v) is 4.65. The zero-order valence-corrected chi connectivity index (χ0v) is 9.35. The predicted molar refractivity (Wildman–Crippen MR) is 56.9 cm³/mol. The van der Waals surface area contributed by atoms with Gasteiger partial charge in [-0.3, -0.25) is 0 Å². The number of aliphatic hydroxyl groups excluding tert-OH is 1. The van der Waals surface area contributed by atoms with E-state index in [1.807, 2.05) is 0 Å². The molecule has 0 aromatic heterocycles. The van der Waals surface area contributed by atoms with Gasteiger partial charge in [-0.2, -0.15) is 0 Å². The second-order valence-electron chi connectivity index (χ2n) is 3.26. The fourth-order valence-electron chi connectivity index (χ4n) is 1.53. The minimum absolute atomic E-state index is 0.216. The third-order valence-electron chi connectivity index (χ3n) is 2.34. The Morgan fingerprint density at radius 2 is 1.94 bits per heavy atom. The molecule has 1 aromatic rings. The van der Waals surface area contributed by atoms with E-state index in [-0.39, 0.29) is 5.56 Å². The van der Waals surface area contributed by atoms with Crippen LogP contribution in [0.15, 0.2) is 12.1 Å². The molecule has 1 aromatic carbocycles. The van der Waals surface area contributed by atoms with Crippen molar-refractivity contribution in [2.45, 2.75) is 13.0 Å². The molecule has 1 unspecified atom stereocenters. The summed E-state index contributed by atoms with van der Waals surface area (Å²) in [5, 5.41) is 18.2. The van der Waals surface area contributed by atoms with Crippen LogP contribution in [0.3, 0.4) is 0 Å². The lowest BCUT2D eigenvalue weighted by atomic mass is 10.0. The van der Waals surface area contributed by atoms with E-state index in [9.17, 15) is 9.90 Å². The minimum atomic E-state index is -1.60. The molecular formula is C11H14O5. The second-order valence-corrected chi connectivity index (χ2v) is 3.26. The third-order valence-corrected chi connectivity index (χ3v) is 2.34. The number of methoxy groups -OCH3 is 2. The lowest BCUT2D eigenvalue weighted by Crippen LogP contribution is -2.12. The molecule has 0 saturated carbocycles. The van der Waals surface area contributed by atoms with Crippen molar-refractivity contribution in [1.29, 1.82) is 0 Å². The molecule has 5 heteroatoms. The van der Waals surface area contributed by atoms with E-state index >= 15 is 0 Å². The summed E-state index contributed by atoms with van der Waals surface area (Å²) in [6.45, 7) is 1.73. The Morgan fingerprint density at radius 1 is 1.31 bits per heavy atom. The van der Waals surface area contributed by atoms with Gasteiger partial charge < -0.3 is 19.7 Å². The Hall–Kier alpha value is -1.75. The Bertz CT molecular complexity index is 400. The molecule has 0 spiro atoms. The van der Waals surface area contributed by atoms with E-state index in [1.54, 1.807) is 13.0 Å². The highest BCUT2D eigenvalue weighted by molar-refractivity contribution is 5.75. The number of rotatable bonds is 4. The number of carbonyl (C=O) groups is 1. The van der Waals surface area contributed by atoms with Crippen LogP contribution in [0.5, 0.6) is 11.5 Å². The number of ether oxygens (including phenoxy) is 2. The predicted octanol–water partition coefficient (Wildman–Crippen LogP) is 1.13. The summed E-state index contributed by atoms with van der Waals surface area (Å²) in [6, 6.07) is 3.07. The van der Waals surface area contributed by atoms with Crippen LogP contribution in [-0.2, 0) is 4.79 Å². The van der Waals surface area contributed by atoms with Crippen molar-refractivity contribution in [3.05, 3.63) is 23.3 Å². The zero-order valence-electron chi connectivity index (χ0n) is 9.35. The molecule has 0 amide bonds. The van der Waals surface area contributed by atoms with Crippen molar-refractivity contribution >= 4 is 5.97 Å². The summed E-state index contributed by atoms with van der Waals surface area (Å²) in [7, 11) is 2.93. The van der Waals surface area contributed by atoms with Gasteiger partial charge in [0.25, 0.3) is 0 Å². The first-order chi connectivity index (χ1) is 7.52. The van der Waals surface area contributed by atoms with E-state index < -0.39 is 12.1 Å². The van der Waals surface area contributed by atoms with Crippen molar-refractivity contribution < 1.29 is 24.5 Å². The van der Waals surface area contributed by atoms with Crippen LogP contribution in [-0.4, -0.2) is 30.4 Å². The van der Waals surface area contributed by atoms with Gasteiger partial charge >= 0.3 is 5.97 Å². The molecule has 0 aliphatic rings. The standard InChI is InChI=1S/C11H14O5/c1-6-8(15-2)5-4-7(10(6)16-3)9(12)11(13)14/h4-5,9,12H,1-3H3,(H,13,14). The van der Waals surface area contributed by atoms with Crippen LogP contribution in [0.2, 0.25) is 0 Å². The Labute approximate surface area is 93.2 Å². The number of carboxylic acid groups (broad SMARTS) is 1. The molecule has 0 fully saturated rings. The largest absolute Gasteiger partial charge is 0.496 e. The van der Waals surface area contributed by atoms with Gasteiger partial charge in [-0.25, -0.2) is 4.79 Å². The van der Waals surface area contributed by atoms with Crippen molar-refractivity contribution in [3.8, 4) is 11.5 Å². The SMILES string of the molecule is COc1ccc(C(O)C(=O)O)c(OC)c1C. The lowest BCUT2D eigenvalue weighted by molar-refractivity contribution is -0.147. The van der Waals surface area contributed by atoms with Gasteiger partial charge in [0.1, 0.15) is 11.5 Å². The smallest absolute Gasteiger partial charge is 0.337 e. The summed E-state index contributed by atoms with van der Waals surface area (Å²) in [5.41, 5.74) is 0.871. The van der Waals surface area contributed by atoms with E-state index in [2.05, 4.69) is 0 Å². The number of carboxylic acids is 1. The van der Waals surface area contributed by atoms with E-state index in [1.165, 1.54) is 20.3 Å². The molecule has 88 valence electrons. The summed E-state index contributed by atoms with van der Waals surface area (Å²) in [5.74, 6) is -0.407. The molecule has 0 aliphatic carbocycles. The number of benzene rings is 1. The van der Waals surface area contributed by atoms with Crippen LogP contribution in [0.4, 0.5) is 0 Å². The fraction of sp³-hybridized carbons (Fsp3) is 0.364. The fourth-order valence-corrected chi connectivity index (χ4v) is 1.53. The van der Waals surface area contributed by atoms with E-state index in [4.69, 9.17) is 14.6 Å². The average Bonchev–Trinajstić information content (AvgIpc) is 2.27. The number of aliphatic hydroxyl groups is 1. The van der Waals surface area contributed by atoms with Crippen LogP contribution < -0.4 is 9.47 Å². The Kier molecular flexibility index (Phi) is 3.73. The van der Waals surface area contributed by atoms with Gasteiger partial charge in [0, 0.05) is 11.1 Å². The first-order valence-electron chi connectivity index (χ1n) is 4.65. The normalized spacial score (nSPS) is 12.0. The highest BCUT2D eigenvalue weighted by Gasteiger charge is 2.22. The van der Waals surface area contributed by atoms with Gasteiger partial charge in [-0.15, -0.1) is 0 Å². The maximum atomic E-state index is 10.7. The lowest BCUT2D eigenvalue weighted by Gasteiger charge is -2.15. The molecule has 5 nitrogen and oxygen atoms in total. The van der Waals surface area contributed by atoms with Gasteiger partial charge in [0.05, 0.1) is 14.2 Å². The summed E-state index contributed by atoms with van der Waals surface area (Å²) < 4.78 is 10.2. The van der Waals surface area contributed by atoms with Crippen molar-refractivity contribution in [1.82, 2.24) is 0 Å². The number of aliphatic carboxylic acids is 1. The average molecular weight is 226 g/mol. The first kappa shape index (κ1) is 12.3. The summed E-state index contributed by atoms with van der Waals surface area (Å²) in [6.07, 6.45) is -1.60. The summed E-state index contributed by atoms with van der Waals surface area (Å²) in [4.78, 5) is 10.7. The minimum Gasteiger partial charge on any atom is -0.496 e.